The van der Waals surface area contributed by atoms with Gasteiger partial charge in [0, 0.05) is 33.8 Å². The second-order valence-electron chi connectivity index (χ2n) is 1.25. The first-order valence-electron chi connectivity index (χ1n) is 2.71. The van der Waals surface area contributed by atoms with Gasteiger partial charge in [-0.2, -0.15) is 0 Å². The van der Waals surface area contributed by atoms with Crippen molar-refractivity contribution in [3.8, 4) is 0 Å². The molecule has 0 aromatic heterocycles. The maximum atomic E-state index is 4.90. The van der Waals surface area contributed by atoms with Gasteiger partial charge in [-0.15, -0.1) is 0 Å². The fourth-order valence-electron chi connectivity index (χ4n) is 0.326. The molecule has 0 aromatic rings. The van der Waals surface area contributed by atoms with Crippen LogP contribution in [0.25, 0.3) is 0 Å². The summed E-state index contributed by atoms with van der Waals surface area (Å²) in [7, 11) is 0. The van der Waals surface area contributed by atoms with E-state index in [-0.39, 0.29) is 27.3 Å². The molecule has 0 rings (SSSR count). The molecule has 0 bridgehead atoms. The van der Waals surface area contributed by atoms with Crippen LogP contribution in [0.4, 0.5) is 0 Å². The van der Waals surface area contributed by atoms with Crippen LogP contribution in [-0.4, -0.2) is 16.6 Å². The second-order valence-corrected chi connectivity index (χ2v) is 3.19. The molecule has 0 aliphatic heterocycles. The van der Waals surface area contributed by atoms with Gasteiger partial charge in [-0.05, 0) is 12.7 Å². The number of hydrogen-bond acceptors (Lipinski definition) is 2. The molecule has 0 amide bonds. The van der Waals surface area contributed by atoms with Crippen LogP contribution in [0.3, 0.4) is 0 Å². The third-order valence-corrected chi connectivity index (χ3v) is 1.79. The van der Waals surface area contributed by atoms with E-state index in [1.54, 1.807) is 11.8 Å². The summed E-state index contributed by atoms with van der Waals surface area (Å²) in [6, 6.07) is 0. The molecule has 0 spiro atoms. The maximum absolute atomic E-state index is 4.90. The Morgan fingerprint density at radius 1 is 1.56 bits per heavy atom. The first-order valence-corrected chi connectivity index (χ1v) is 4.11. The molecule has 1 N–H and O–H groups in total. The van der Waals surface area contributed by atoms with E-state index in [9.17, 15) is 0 Å². The van der Waals surface area contributed by atoms with Crippen LogP contribution in [0.15, 0.2) is 0 Å². The molecule has 0 aromatic carbocycles. The van der Waals surface area contributed by atoms with Crippen molar-refractivity contribution in [3.05, 3.63) is 0 Å². The summed E-state index contributed by atoms with van der Waals surface area (Å²) in [6.07, 6.45) is 0. The topological polar surface area (TPSA) is 12.0 Å². The Hall–Kier alpha value is 1.16. The van der Waals surface area contributed by atoms with E-state index in [1.165, 1.54) is 0 Å². The van der Waals surface area contributed by atoms with E-state index in [1.807, 2.05) is 6.92 Å². The summed E-state index contributed by atoms with van der Waals surface area (Å²) in [4.78, 5) is 0. The van der Waals surface area contributed by atoms with E-state index in [0.717, 1.165) is 16.6 Å². The van der Waals surface area contributed by atoms with E-state index in [2.05, 4.69) is 12.2 Å². The van der Waals surface area contributed by atoms with Gasteiger partial charge in [0.1, 0.15) is 4.32 Å². The summed E-state index contributed by atoms with van der Waals surface area (Å²) in [5.41, 5.74) is 0. The molecule has 0 saturated carbocycles. The van der Waals surface area contributed by atoms with E-state index < -0.39 is 0 Å². The fourth-order valence-corrected chi connectivity index (χ4v) is 1.33. The Morgan fingerprint density at radius 2 is 2.11 bits per heavy atom. The van der Waals surface area contributed by atoms with Crippen molar-refractivity contribution in [2.24, 2.45) is 0 Å². The Bertz CT molecular complexity index is 69.4. The number of rotatable bonds is 2. The molecule has 0 radical (unpaired) electrons. The molecule has 0 fully saturated rings. The molecule has 1 nitrogen and oxygen atoms in total. The monoisotopic (exact) mass is 263 g/mol. The van der Waals surface area contributed by atoms with Gasteiger partial charge in [0.2, 0.25) is 0 Å². The Kier molecular flexibility index (Phi) is 13.0. The molecule has 0 aliphatic carbocycles. The van der Waals surface area contributed by atoms with Crippen molar-refractivity contribution in [2.45, 2.75) is 13.8 Å². The number of thiocarbonyl (C=S) groups is 1. The van der Waals surface area contributed by atoms with Gasteiger partial charge in [-0.1, -0.05) is 30.9 Å². The number of nitrogens with one attached hydrogen (secondary N) is 1. The van der Waals surface area contributed by atoms with Gasteiger partial charge in [-0.3, -0.25) is 0 Å². The minimum absolute atomic E-state index is 0. The molecule has 4 heteroatoms. The van der Waals surface area contributed by atoms with E-state index in [0.29, 0.717) is 0 Å². The predicted octanol–water partition coefficient (Wildman–Crippen LogP) is 1.63. The number of thioether (sulfide) groups is 1. The maximum Gasteiger partial charge on any atom is 0.133 e. The first kappa shape index (κ1) is 12.8. The standard InChI is InChI=1S/C5H11NS2.Cd/c1-3-6-5(7)8-4-2;/h3-4H2,1-2H3,(H,6,7);. The summed E-state index contributed by atoms with van der Waals surface area (Å²) < 4.78 is 0.912. The van der Waals surface area contributed by atoms with Crippen molar-refractivity contribution in [3.63, 3.8) is 0 Å². The predicted molar refractivity (Wildman–Crippen MR) is 44.4 cm³/mol. The van der Waals surface area contributed by atoms with Crippen LogP contribution in [0.2, 0.25) is 0 Å². The van der Waals surface area contributed by atoms with Crippen LogP contribution in [0.1, 0.15) is 13.8 Å². The average molecular weight is 262 g/mol. The van der Waals surface area contributed by atoms with Crippen molar-refractivity contribution in [1.82, 2.24) is 5.32 Å². The van der Waals surface area contributed by atoms with Crippen molar-refractivity contribution < 1.29 is 27.3 Å². The molecule has 50 valence electrons. The molecule has 0 aliphatic rings. The smallest absolute Gasteiger partial charge is 0.133 e. The van der Waals surface area contributed by atoms with Gasteiger partial charge < -0.3 is 5.32 Å². The quantitative estimate of drug-likeness (QED) is 0.599. The van der Waals surface area contributed by atoms with Crippen LogP contribution in [0, 0.1) is 0 Å². The summed E-state index contributed by atoms with van der Waals surface area (Å²) >= 11 is 6.58. The van der Waals surface area contributed by atoms with Gasteiger partial charge in [0.05, 0.1) is 0 Å². The SMILES string of the molecule is CCNC(=S)SCC.[Cd]. The normalized spacial score (nSPS) is 7.78. The molecule has 0 atom stereocenters. The zero-order chi connectivity index (χ0) is 6.41. The minimum atomic E-state index is 0. The third kappa shape index (κ3) is 9.16. The van der Waals surface area contributed by atoms with Crippen LogP contribution in [0.5, 0.6) is 0 Å². The summed E-state index contributed by atoms with van der Waals surface area (Å²) in [5.74, 6) is 1.06. The zero-order valence-corrected chi connectivity index (χ0v) is 11.6. The van der Waals surface area contributed by atoms with Crippen molar-refractivity contribution in [2.75, 3.05) is 12.3 Å². The van der Waals surface area contributed by atoms with Gasteiger partial charge >= 0.3 is 0 Å². The Labute approximate surface area is 86.5 Å². The zero-order valence-electron chi connectivity index (χ0n) is 5.94. The minimum Gasteiger partial charge on any atom is -0.371 e. The largest absolute Gasteiger partial charge is 0.371 e. The first-order chi connectivity index (χ1) is 3.81. The van der Waals surface area contributed by atoms with E-state index in [4.69, 9.17) is 12.2 Å². The summed E-state index contributed by atoms with van der Waals surface area (Å²) in [6.45, 7) is 5.07. The molecular weight excluding hydrogens is 251 g/mol. The van der Waals surface area contributed by atoms with Crippen molar-refractivity contribution >= 4 is 28.3 Å². The van der Waals surface area contributed by atoms with Crippen LogP contribution in [-0.2, 0) is 27.3 Å². The van der Waals surface area contributed by atoms with Crippen LogP contribution >= 0.6 is 24.0 Å². The average Bonchev–Trinajstić information content (AvgIpc) is 1.68. The summed E-state index contributed by atoms with van der Waals surface area (Å²) in [5, 5.41) is 3.04. The third-order valence-electron chi connectivity index (χ3n) is 0.597. The number of hydrogen-bond donors (Lipinski definition) is 1. The molecule has 0 heterocycles. The Morgan fingerprint density at radius 3 is 2.44 bits per heavy atom. The van der Waals surface area contributed by atoms with Gasteiger partial charge in [-0.25, -0.2) is 0 Å². The molecule has 0 unspecified atom stereocenters. The van der Waals surface area contributed by atoms with Crippen molar-refractivity contribution in [1.29, 1.82) is 0 Å². The fraction of sp³-hybridized carbons (Fsp3) is 0.800. The van der Waals surface area contributed by atoms with Crippen LogP contribution < -0.4 is 5.32 Å². The van der Waals surface area contributed by atoms with E-state index >= 15 is 0 Å². The molecular formula is C5H11CdNS2. The Balaban J connectivity index is 0. The molecule has 0 saturated heterocycles. The second kappa shape index (κ2) is 9.16. The molecule has 9 heavy (non-hydrogen) atoms. The van der Waals surface area contributed by atoms with Gasteiger partial charge in [0.25, 0.3) is 0 Å². The van der Waals surface area contributed by atoms with Gasteiger partial charge in [0.15, 0.2) is 0 Å².